The number of anilines is 1. The summed E-state index contributed by atoms with van der Waals surface area (Å²) in [7, 11) is 0. The van der Waals surface area contributed by atoms with E-state index in [-0.39, 0.29) is 5.91 Å². The van der Waals surface area contributed by atoms with Crippen LogP contribution in [0.3, 0.4) is 0 Å². The van der Waals surface area contributed by atoms with Crippen molar-refractivity contribution < 1.29 is 9.21 Å². The highest BCUT2D eigenvalue weighted by Crippen LogP contribution is 2.32. The maximum absolute atomic E-state index is 12.2. The van der Waals surface area contributed by atoms with Crippen LogP contribution in [-0.4, -0.2) is 10.9 Å². The summed E-state index contributed by atoms with van der Waals surface area (Å²) in [6.45, 7) is 0. The van der Waals surface area contributed by atoms with Gasteiger partial charge in [-0.15, -0.1) is 0 Å². The molecule has 0 unspecified atom stereocenters. The average Bonchev–Trinajstić information content (AvgIpc) is 3.05. The molecule has 0 atom stereocenters. The lowest BCUT2D eigenvalue weighted by molar-refractivity contribution is -0.115. The van der Waals surface area contributed by atoms with Crippen LogP contribution < -0.4 is 5.32 Å². The zero-order chi connectivity index (χ0) is 18.8. The second kappa shape index (κ2) is 7.43. The van der Waals surface area contributed by atoms with Gasteiger partial charge < -0.3 is 9.73 Å². The fourth-order valence-electron chi connectivity index (χ4n) is 2.77. The SMILES string of the molecule is O=C(Cc1ccccc1)Nc1ccc2oc(-c3ccc(Cl)cc3Cl)nc2c1. The van der Waals surface area contributed by atoms with E-state index in [0.717, 1.165) is 5.56 Å². The molecule has 4 rings (SSSR count). The molecule has 134 valence electrons. The number of rotatable bonds is 4. The highest BCUT2D eigenvalue weighted by molar-refractivity contribution is 6.36. The number of hydrogen-bond acceptors (Lipinski definition) is 3. The van der Waals surface area contributed by atoms with Gasteiger partial charge in [-0.3, -0.25) is 4.79 Å². The molecule has 0 spiro atoms. The second-order valence-electron chi connectivity index (χ2n) is 6.04. The van der Waals surface area contributed by atoms with Gasteiger partial charge in [0.2, 0.25) is 11.8 Å². The normalized spacial score (nSPS) is 10.9. The molecule has 0 saturated carbocycles. The summed E-state index contributed by atoms with van der Waals surface area (Å²) in [5, 5.41) is 3.89. The lowest BCUT2D eigenvalue weighted by atomic mass is 10.1. The summed E-state index contributed by atoms with van der Waals surface area (Å²) in [4.78, 5) is 16.7. The molecule has 0 aliphatic rings. The van der Waals surface area contributed by atoms with Crippen molar-refractivity contribution in [3.05, 3.63) is 82.3 Å². The summed E-state index contributed by atoms with van der Waals surface area (Å²) in [6, 6.07) is 20.0. The van der Waals surface area contributed by atoms with E-state index in [2.05, 4.69) is 10.3 Å². The third-order valence-corrected chi connectivity index (χ3v) is 4.59. The van der Waals surface area contributed by atoms with Gasteiger partial charge >= 0.3 is 0 Å². The first-order valence-electron chi connectivity index (χ1n) is 8.28. The highest BCUT2D eigenvalue weighted by atomic mass is 35.5. The van der Waals surface area contributed by atoms with E-state index in [9.17, 15) is 4.79 Å². The number of carbonyl (C=O) groups excluding carboxylic acids is 1. The molecule has 4 aromatic rings. The van der Waals surface area contributed by atoms with Crippen LogP contribution in [-0.2, 0) is 11.2 Å². The lowest BCUT2D eigenvalue weighted by Gasteiger charge is -2.04. The Hall–Kier alpha value is -2.82. The summed E-state index contributed by atoms with van der Waals surface area (Å²) >= 11 is 12.2. The number of nitrogens with zero attached hydrogens (tertiary/aromatic N) is 1. The Morgan fingerprint density at radius 1 is 1.00 bits per heavy atom. The van der Waals surface area contributed by atoms with Gasteiger partial charge in [-0.1, -0.05) is 53.5 Å². The van der Waals surface area contributed by atoms with Crippen LogP contribution >= 0.6 is 23.2 Å². The average molecular weight is 397 g/mol. The van der Waals surface area contributed by atoms with E-state index in [1.165, 1.54) is 0 Å². The quantitative estimate of drug-likeness (QED) is 0.461. The maximum Gasteiger partial charge on any atom is 0.228 e. The van der Waals surface area contributed by atoms with E-state index < -0.39 is 0 Å². The first-order chi connectivity index (χ1) is 13.1. The van der Waals surface area contributed by atoms with Gasteiger partial charge in [0.05, 0.1) is 17.0 Å². The Kier molecular flexibility index (Phi) is 4.84. The van der Waals surface area contributed by atoms with Crippen LogP contribution in [0, 0.1) is 0 Å². The van der Waals surface area contributed by atoms with E-state index in [1.807, 2.05) is 30.3 Å². The number of aromatic nitrogens is 1. The maximum atomic E-state index is 12.2. The van der Waals surface area contributed by atoms with Gasteiger partial charge in [0.25, 0.3) is 0 Å². The number of amides is 1. The summed E-state index contributed by atoms with van der Waals surface area (Å²) in [5.41, 5.74) is 3.51. The molecule has 0 radical (unpaired) electrons. The molecule has 1 N–H and O–H groups in total. The van der Waals surface area contributed by atoms with Crippen molar-refractivity contribution >= 4 is 45.9 Å². The Morgan fingerprint density at radius 3 is 2.59 bits per heavy atom. The Balaban J connectivity index is 1.56. The highest BCUT2D eigenvalue weighted by Gasteiger charge is 2.13. The molecular weight excluding hydrogens is 383 g/mol. The zero-order valence-electron chi connectivity index (χ0n) is 14.1. The van der Waals surface area contributed by atoms with Crippen molar-refractivity contribution in [2.75, 3.05) is 5.32 Å². The van der Waals surface area contributed by atoms with Gasteiger partial charge in [0.15, 0.2) is 5.58 Å². The summed E-state index contributed by atoms with van der Waals surface area (Å²) in [5.74, 6) is 0.310. The first kappa shape index (κ1) is 17.6. The van der Waals surface area contributed by atoms with Crippen LogP contribution in [0.25, 0.3) is 22.6 Å². The smallest absolute Gasteiger partial charge is 0.228 e. The van der Waals surface area contributed by atoms with Crippen LogP contribution in [0.1, 0.15) is 5.56 Å². The number of hydrogen-bond donors (Lipinski definition) is 1. The molecule has 0 bridgehead atoms. The topological polar surface area (TPSA) is 55.1 Å². The van der Waals surface area contributed by atoms with Gasteiger partial charge in [0, 0.05) is 10.7 Å². The molecule has 0 aliphatic carbocycles. The van der Waals surface area contributed by atoms with Gasteiger partial charge in [-0.25, -0.2) is 4.98 Å². The molecule has 3 aromatic carbocycles. The molecule has 0 fully saturated rings. The number of fused-ring (bicyclic) bond motifs is 1. The minimum Gasteiger partial charge on any atom is -0.436 e. The van der Waals surface area contributed by atoms with E-state index in [4.69, 9.17) is 27.6 Å². The third kappa shape index (κ3) is 3.97. The zero-order valence-corrected chi connectivity index (χ0v) is 15.6. The van der Waals surface area contributed by atoms with Crippen LogP contribution in [0.4, 0.5) is 5.69 Å². The molecule has 0 saturated heterocycles. The third-order valence-electron chi connectivity index (χ3n) is 4.04. The van der Waals surface area contributed by atoms with Crippen molar-refractivity contribution in [1.29, 1.82) is 0 Å². The Bertz CT molecular complexity index is 1120. The van der Waals surface area contributed by atoms with E-state index in [1.54, 1.807) is 36.4 Å². The summed E-state index contributed by atoms with van der Waals surface area (Å²) < 4.78 is 5.78. The largest absolute Gasteiger partial charge is 0.436 e. The van der Waals surface area contributed by atoms with Crippen molar-refractivity contribution in [1.82, 2.24) is 4.98 Å². The number of carbonyl (C=O) groups is 1. The van der Waals surface area contributed by atoms with E-state index in [0.29, 0.717) is 44.7 Å². The molecule has 1 heterocycles. The molecule has 4 nitrogen and oxygen atoms in total. The molecule has 0 aliphatic heterocycles. The van der Waals surface area contributed by atoms with E-state index >= 15 is 0 Å². The van der Waals surface area contributed by atoms with Crippen molar-refractivity contribution in [3.63, 3.8) is 0 Å². The summed E-state index contributed by atoms with van der Waals surface area (Å²) in [6.07, 6.45) is 0.309. The first-order valence-corrected chi connectivity index (χ1v) is 9.04. The van der Waals surface area contributed by atoms with Gasteiger partial charge in [-0.2, -0.15) is 0 Å². The molecule has 27 heavy (non-hydrogen) atoms. The standard InChI is InChI=1S/C21H14Cl2N2O2/c22-14-6-8-16(17(23)11-14)21-25-18-12-15(7-9-19(18)27-21)24-20(26)10-13-4-2-1-3-5-13/h1-9,11-12H,10H2,(H,24,26). The molecule has 6 heteroatoms. The molecule has 1 aromatic heterocycles. The van der Waals surface area contributed by atoms with Gasteiger partial charge in [0.1, 0.15) is 5.52 Å². The second-order valence-corrected chi connectivity index (χ2v) is 6.88. The monoisotopic (exact) mass is 396 g/mol. The number of nitrogens with one attached hydrogen (secondary N) is 1. The fraction of sp³-hybridized carbons (Fsp3) is 0.0476. The number of oxazole rings is 1. The Labute approximate surface area is 165 Å². The van der Waals surface area contributed by atoms with Crippen LogP contribution in [0.5, 0.6) is 0 Å². The molecular formula is C21H14Cl2N2O2. The molecule has 1 amide bonds. The number of benzene rings is 3. The van der Waals surface area contributed by atoms with Crippen LogP contribution in [0.2, 0.25) is 10.0 Å². The van der Waals surface area contributed by atoms with Crippen molar-refractivity contribution in [3.8, 4) is 11.5 Å². The number of halogens is 2. The predicted molar refractivity (Wildman–Crippen MR) is 108 cm³/mol. The minimum atomic E-state index is -0.0926. The van der Waals surface area contributed by atoms with Gasteiger partial charge in [-0.05, 0) is 42.0 Å². The Morgan fingerprint density at radius 2 is 1.81 bits per heavy atom. The predicted octanol–water partition coefficient (Wildman–Crippen LogP) is 5.98. The minimum absolute atomic E-state index is 0.0926. The fourth-order valence-corrected chi connectivity index (χ4v) is 3.26. The lowest BCUT2D eigenvalue weighted by Crippen LogP contribution is -2.14. The van der Waals surface area contributed by atoms with Crippen LogP contribution in [0.15, 0.2) is 71.1 Å². The van der Waals surface area contributed by atoms with Crippen molar-refractivity contribution in [2.24, 2.45) is 0 Å². The van der Waals surface area contributed by atoms with Crippen molar-refractivity contribution in [2.45, 2.75) is 6.42 Å².